The largest absolute Gasteiger partial charge is 0.508 e. The lowest BCUT2D eigenvalue weighted by Gasteiger charge is -2.11. The Hall–Kier alpha value is -2.86. The molecule has 1 aliphatic rings. The maximum absolute atomic E-state index is 12.4. The van der Waals surface area contributed by atoms with E-state index in [1.807, 2.05) is 0 Å². The smallest absolute Gasteiger partial charge is 0.293 e. The van der Waals surface area contributed by atoms with E-state index in [9.17, 15) is 19.5 Å². The van der Waals surface area contributed by atoms with Crippen molar-refractivity contribution in [2.24, 2.45) is 0 Å². The van der Waals surface area contributed by atoms with Crippen LogP contribution < -0.4 is 0 Å². The summed E-state index contributed by atoms with van der Waals surface area (Å²) >= 11 is 0.784. The van der Waals surface area contributed by atoms with Gasteiger partial charge in [-0.25, -0.2) is 0 Å². The van der Waals surface area contributed by atoms with Crippen molar-refractivity contribution in [3.8, 4) is 5.75 Å². The summed E-state index contributed by atoms with van der Waals surface area (Å²) < 4.78 is 0. The van der Waals surface area contributed by atoms with Gasteiger partial charge in [-0.05, 0) is 35.5 Å². The third-order valence-electron chi connectivity index (χ3n) is 3.44. The molecule has 0 bridgehead atoms. The number of imide groups is 1. The first-order valence-corrected chi connectivity index (χ1v) is 7.99. The third kappa shape index (κ3) is 3.38. The summed E-state index contributed by atoms with van der Waals surface area (Å²) in [5, 5.41) is 8.98. The van der Waals surface area contributed by atoms with E-state index in [-0.39, 0.29) is 23.0 Å². The van der Waals surface area contributed by atoms with Crippen LogP contribution in [-0.4, -0.2) is 33.5 Å². The average molecular weight is 339 g/mol. The molecular weight excluding hydrogens is 326 g/mol. The van der Waals surface area contributed by atoms with E-state index in [0.29, 0.717) is 11.1 Å². The van der Waals surface area contributed by atoms with Crippen molar-refractivity contribution < 1.29 is 19.5 Å². The molecule has 120 valence electrons. The first-order chi connectivity index (χ1) is 11.5. The van der Waals surface area contributed by atoms with E-state index < -0.39 is 11.1 Å². The summed E-state index contributed by atoms with van der Waals surface area (Å²) in [5.74, 6) is -0.726. The van der Waals surface area contributed by atoms with Gasteiger partial charge in [-0.3, -0.25) is 19.3 Å². The van der Waals surface area contributed by atoms with E-state index in [1.165, 1.54) is 18.2 Å². The van der Waals surface area contributed by atoms with Crippen LogP contribution in [0, 0.1) is 0 Å². The lowest BCUT2D eigenvalue weighted by molar-refractivity contribution is -0.122. The summed E-state index contributed by atoms with van der Waals surface area (Å²) in [6.07, 6.45) is 1.53. The molecule has 1 heterocycles. The number of carbonyl (C=O) groups excluding carboxylic acids is 3. The van der Waals surface area contributed by atoms with E-state index in [4.69, 9.17) is 0 Å². The van der Waals surface area contributed by atoms with Crippen LogP contribution in [0.3, 0.4) is 0 Å². The van der Waals surface area contributed by atoms with E-state index in [2.05, 4.69) is 0 Å². The second-order valence-corrected chi connectivity index (χ2v) is 6.15. The highest BCUT2D eigenvalue weighted by Crippen LogP contribution is 2.32. The summed E-state index contributed by atoms with van der Waals surface area (Å²) in [7, 11) is 0. The molecule has 5 nitrogen and oxygen atoms in total. The number of ketones is 1. The maximum atomic E-state index is 12.4. The fourth-order valence-corrected chi connectivity index (χ4v) is 3.10. The number of benzene rings is 2. The summed E-state index contributed by atoms with van der Waals surface area (Å²) in [6, 6.07) is 14.9. The standard InChI is InChI=1S/C18H13NO4S/c20-14-8-4-5-12(9-14)10-16-17(22)19(18(23)24-16)11-15(21)13-6-2-1-3-7-13/h1-10,20H,11H2/b16-10+. The molecular formula is C18H13NO4S. The number of aromatic hydroxyl groups is 1. The minimum Gasteiger partial charge on any atom is -0.508 e. The summed E-state index contributed by atoms with van der Waals surface area (Å²) in [5.41, 5.74) is 1.06. The number of carbonyl (C=O) groups is 3. The molecule has 1 aliphatic heterocycles. The zero-order chi connectivity index (χ0) is 17.1. The number of phenols is 1. The Bertz CT molecular complexity index is 845. The number of hydrogen-bond acceptors (Lipinski definition) is 5. The second kappa shape index (κ2) is 6.72. The molecule has 0 aliphatic carbocycles. The van der Waals surface area contributed by atoms with Gasteiger partial charge in [0, 0.05) is 5.56 Å². The fraction of sp³-hybridized carbons (Fsp3) is 0.0556. The normalized spacial score (nSPS) is 16.0. The van der Waals surface area contributed by atoms with Crippen LogP contribution in [-0.2, 0) is 4.79 Å². The number of amides is 2. The Kier molecular flexibility index (Phi) is 4.48. The van der Waals surface area contributed by atoms with Crippen LogP contribution in [0.2, 0.25) is 0 Å². The van der Waals surface area contributed by atoms with Crippen molar-refractivity contribution in [3.05, 3.63) is 70.6 Å². The van der Waals surface area contributed by atoms with Crippen LogP contribution in [0.25, 0.3) is 6.08 Å². The lowest BCUT2D eigenvalue weighted by Crippen LogP contribution is -2.33. The maximum Gasteiger partial charge on any atom is 0.293 e. The molecule has 2 aromatic rings. The SMILES string of the molecule is O=C(CN1C(=O)S/C(=C/c2cccc(O)c2)C1=O)c1ccccc1. The highest BCUT2D eigenvalue weighted by Gasteiger charge is 2.36. The Morgan fingerprint density at radius 1 is 1.08 bits per heavy atom. The highest BCUT2D eigenvalue weighted by atomic mass is 32.2. The summed E-state index contributed by atoms with van der Waals surface area (Å²) in [6.45, 7) is -0.286. The molecule has 6 heteroatoms. The molecule has 24 heavy (non-hydrogen) atoms. The Morgan fingerprint density at radius 3 is 2.54 bits per heavy atom. The van der Waals surface area contributed by atoms with Gasteiger partial charge in [0.2, 0.25) is 0 Å². The number of rotatable bonds is 4. The number of Topliss-reactive ketones (excluding diaryl/α,β-unsaturated/α-hetero) is 1. The van der Waals surface area contributed by atoms with Crippen molar-refractivity contribution >= 4 is 34.8 Å². The molecule has 1 N–H and O–H groups in total. The number of thioether (sulfide) groups is 1. The van der Waals surface area contributed by atoms with Gasteiger partial charge in [-0.2, -0.15) is 0 Å². The molecule has 0 unspecified atom stereocenters. The predicted molar refractivity (Wildman–Crippen MR) is 91.6 cm³/mol. The molecule has 2 amide bonds. The van der Waals surface area contributed by atoms with Crippen LogP contribution >= 0.6 is 11.8 Å². The first-order valence-electron chi connectivity index (χ1n) is 7.17. The van der Waals surface area contributed by atoms with Gasteiger partial charge >= 0.3 is 0 Å². The van der Waals surface area contributed by atoms with Crippen LogP contribution in [0.15, 0.2) is 59.5 Å². The van der Waals surface area contributed by atoms with E-state index in [1.54, 1.807) is 42.5 Å². The fourth-order valence-electron chi connectivity index (χ4n) is 2.26. The molecule has 3 rings (SSSR count). The Balaban J connectivity index is 1.78. The minimum absolute atomic E-state index is 0.0715. The van der Waals surface area contributed by atoms with Crippen LogP contribution in [0.1, 0.15) is 15.9 Å². The predicted octanol–water partition coefficient (Wildman–Crippen LogP) is 3.31. The van der Waals surface area contributed by atoms with Crippen molar-refractivity contribution in [1.29, 1.82) is 0 Å². The van der Waals surface area contributed by atoms with Gasteiger partial charge in [0.15, 0.2) is 5.78 Å². The highest BCUT2D eigenvalue weighted by molar-refractivity contribution is 8.18. The van der Waals surface area contributed by atoms with Gasteiger partial charge in [0.05, 0.1) is 11.4 Å². The molecule has 1 fully saturated rings. The quantitative estimate of drug-likeness (QED) is 0.683. The topological polar surface area (TPSA) is 74.7 Å². The number of nitrogens with zero attached hydrogens (tertiary/aromatic N) is 1. The second-order valence-electron chi connectivity index (χ2n) is 5.15. The van der Waals surface area contributed by atoms with Gasteiger partial charge in [-0.15, -0.1) is 0 Å². The van der Waals surface area contributed by atoms with Gasteiger partial charge in [-0.1, -0.05) is 42.5 Å². The molecule has 1 saturated heterocycles. The third-order valence-corrected chi connectivity index (χ3v) is 4.35. The minimum atomic E-state index is -0.502. The molecule has 0 spiro atoms. The lowest BCUT2D eigenvalue weighted by atomic mass is 10.1. The van der Waals surface area contributed by atoms with Gasteiger partial charge in [0.25, 0.3) is 11.1 Å². The molecule has 0 aromatic heterocycles. The average Bonchev–Trinajstić information content (AvgIpc) is 2.83. The molecule has 0 saturated carbocycles. The van der Waals surface area contributed by atoms with Crippen molar-refractivity contribution in [2.45, 2.75) is 0 Å². The van der Waals surface area contributed by atoms with Gasteiger partial charge in [0.1, 0.15) is 5.75 Å². The zero-order valence-electron chi connectivity index (χ0n) is 12.5. The summed E-state index contributed by atoms with van der Waals surface area (Å²) in [4.78, 5) is 37.8. The van der Waals surface area contributed by atoms with Crippen LogP contribution in [0.4, 0.5) is 4.79 Å². The van der Waals surface area contributed by atoms with Crippen molar-refractivity contribution in [2.75, 3.05) is 6.54 Å². The first kappa shape index (κ1) is 16.0. The molecule has 0 radical (unpaired) electrons. The van der Waals surface area contributed by atoms with E-state index in [0.717, 1.165) is 16.7 Å². The Labute approximate surface area is 142 Å². The molecule has 2 aromatic carbocycles. The van der Waals surface area contributed by atoms with Crippen molar-refractivity contribution in [3.63, 3.8) is 0 Å². The van der Waals surface area contributed by atoms with Crippen LogP contribution in [0.5, 0.6) is 5.75 Å². The Morgan fingerprint density at radius 2 is 1.83 bits per heavy atom. The monoisotopic (exact) mass is 339 g/mol. The van der Waals surface area contributed by atoms with Crippen molar-refractivity contribution in [1.82, 2.24) is 4.90 Å². The molecule has 0 atom stereocenters. The number of hydrogen-bond donors (Lipinski definition) is 1. The zero-order valence-corrected chi connectivity index (χ0v) is 13.3. The van der Waals surface area contributed by atoms with E-state index >= 15 is 0 Å². The van der Waals surface area contributed by atoms with Gasteiger partial charge < -0.3 is 5.11 Å². The number of phenolic OH excluding ortho intramolecular Hbond substituents is 1.